The van der Waals surface area contributed by atoms with Crippen LogP contribution in [0.4, 0.5) is 4.79 Å². The monoisotopic (exact) mass is 1180 g/mol. The molecule has 442 valence electrons. The first-order valence-electron chi connectivity index (χ1n) is 27.2. The fraction of sp³-hybridized carbons (Fsp3) is 0.443. The van der Waals surface area contributed by atoms with Gasteiger partial charge in [-0.3, -0.25) is 19.2 Å². The molecule has 0 unspecified atom stereocenters. The highest BCUT2D eigenvalue weighted by Gasteiger charge is 2.46. The van der Waals surface area contributed by atoms with E-state index in [4.69, 9.17) is 23.7 Å². The van der Waals surface area contributed by atoms with Gasteiger partial charge in [-0.2, -0.15) is 0 Å². The van der Waals surface area contributed by atoms with Gasteiger partial charge < -0.3 is 49.2 Å². The SMILES string of the molecule is CC/C(=C(\c1ccc(O)cc1)c1ccc(OCCN(C)C(=O)CCOCCOCCC(=O)N[C@H](C(=O)N2C[C@H](OC(=O)OCC(C)(C)SS(C)(=O)=O)C[C@H]2C(=O)NCc2ccc(-c3scnc3C)cc2)C(C)(C)C)cc1)c1ccccc1. The van der Waals surface area contributed by atoms with Crippen molar-refractivity contribution in [3.05, 3.63) is 137 Å². The maximum atomic E-state index is 14.5. The smallest absolute Gasteiger partial charge is 0.508 e. The van der Waals surface area contributed by atoms with Gasteiger partial charge in [-0.05, 0) is 107 Å². The summed E-state index contributed by atoms with van der Waals surface area (Å²) in [5.74, 6) is -0.757. The molecule has 0 aliphatic carbocycles. The van der Waals surface area contributed by atoms with Crippen molar-refractivity contribution in [2.45, 2.75) is 104 Å². The molecule has 1 fully saturated rings. The summed E-state index contributed by atoms with van der Waals surface area (Å²) in [6.07, 6.45) is -0.182. The van der Waals surface area contributed by atoms with Crippen molar-refractivity contribution in [2.24, 2.45) is 5.41 Å². The molecule has 21 heteroatoms. The molecular weight excluding hydrogens is 1110 g/mol. The van der Waals surface area contributed by atoms with Gasteiger partial charge in [0.1, 0.15) is 42.9 Å². The summed E-state index contributed by atoms with van der Waals surface area (Å²) in [6.45, 7) is 13.5. The number of rotatable bonds is 28. The first kappa shape index (κ1) is 64.4. The van der Waals surface area contributed by atoms with Crippen LogP contribution >= 0.6 is 22.1 Å². The van der Waals surface area contributed by atoms with Gasteiger partial charge in [-0.1, -0.05) is 107 Å². The second kappa shape index (κ2) is 30.0. The van der Waals surface area contributed by atoms with Gasteiger partial charge in [0.25, 0.3) is 0 Å². The minimum Gasteiger partial charge on any atom is -0.508 e. The number of aromatic nitrogens is 1. The van der Waals surface area contributed by atoms with Gasteiger partial charge in [0.15, 0.2) is 8.87 Å². The third-order valence-corrected chi connectivity index (χ3v) is 17.5. The molecule has 4 aromatic carbocycles. The van der Waals surface area contributed by atoms with Crippen LogP contribution in [0, 0.1) is 12.3 Å². The molecule has 82 heavy (non-hydrogen) atoms. The number of likely N-dealkylation sites (N-methyl/N-ethyl adjacent to an activating group) is 1. The van der Waals surface area contributed by atoms with Crippen LogP contribution in [-0.4, -0.2) is 147 Å². The highest BCUT2D eigenvalue weighted by molar-refractivity contribution is 8.72. The molecule has 0 saturated carbocycles. The fourth-order valence-electron chi connectivity index (χ4n) is 9.21. The second-order valence-corrected chi connectivity index (χ2v) is 27.5. The van der Waals surface area contributed by atoms with E-state index in [9.17, 15) is 37.5 Å². The van der Waals surface area contributed by atoms with E-state index in [2.05, 4.69) is 34.7 Å². The zero-order valence-corrected chi connectivity index (χ0v) is 50.7. The van der Waals surface area contributed by atoms with E-state index in [0.29, 0.717) is 23.1 Å². The van der Waals surface area contributed by atoms with Crippen molar-refractivity contribution >= 4 is 71.9 Å². The lowest BCUT2D eigenvalue weighted by Gasteiger charge is -2.35. The van der Waals surface area contributed by atoms with Crippen LogP contribution < -0.4 is 15.4 Å². The summed E-state index contributed by atoms with van der Waals surface area (Å²) in [5.41, 5.74) is 9.04. The summed E-state index contributed by atoms with van der Waals surface area (Å²) in [6, 6.07) is 30.8. The van der Waals surface area contributed by atoms with E-state index in [1.807, 2.05) is 85.8 Å². The molecule has 18 nitrogen and oxygen atoms in total. The Balaban J connectivity index is 0.938. The van der Waals surface area contributed by atoms with Gasteiger partial charge in [-0.15, -0.1) is 11.3 Å². The van der Waals surface area contributed by atoms with Crippen LogP contribution in [0.25, 0.3) is 21.6 Å². The zero-order valence-electron chi connectivity index (χ0n) is 48.2. The van der Waals surface area contributed by atoms with E-state index in [1.165, 1.54) is 21.8 Å². The Hall–Kier alpha value is -6.78. The average Bonchev–Trinajstić information content (AvgIpc) is 4.11. The highest BCUT2D eigenvalue weighted by atomic mass is 33.1. The highest BCUT2D eigenvalue weighted by Crippen LogP contribution is 2.36. The fourth-order valence-corrected chi connectivity index (χ4v) is 13.5. The number of phenolic OH excluding ortho intramolecular Hbond substituents is 1. The number of hydrogen-bond donors (Lipinski definition) is 3. The number of carbonyl (C=O) groups is 5. The first-order valence-corrected chi connectivity index (χ1v) is 31.3. The molecule has 6 rings (SSSR count). The third kappa shape index (κ3) is 19.7. The molecule has 5 aromatic rings. The molecule has 1 saturated heterocycles. The van der Waals surface area contributed by atoms with Gasteiger partial charge >= 0.3 is 6.16 Å². The summed E-state index contributed by atoms with van der Waals surface area (Å²) in [7, 11) is -1.10. The van der Waals surface area contributed by atoms with Crippen molar-refractivity contribution in [3.63, 3.8) is 0 Å². The summed E-state index contributed by atoms with van der Waals surface area (Å²) in [4.78, 5) is 76.1. The van der Waals surface area contributed by atoms with Gasteiger partial charge in [-0.25, -0.2) is 18.2 Å². The molecule has 1 aliphatic heterocycles. The van der Waals surface area contributed by atoms with E-state index >= 15 is 0 Å². The first-order chi connectivity index (χ1) is 38.9. The molecule has 2 heterocycles. The van der Waals surface area contributed by atoms with Crippen molar-refractivity contribution in [1.82, 2.24) is 25.4 Å². The molecule has 1 aromatic heterocycles. The third-order valence-electron chi connectivity index (χ3n) is 13.4. The number of ether oxygens (including phenoxy) is 5. The Morgan fingerprint density at radius 2 is 1.48 bits per heavy atom. The van der Waals surface area contributed by atoms with E-state index in [0.717, 1.165) is 56.6 Å². The van der Waals surface area contributed by atoms with Crippen LogP contribution in [0.5, 0.6) is 11.5 Å². The summed E-state index contributed by atoms with van der Waals surface area (Å²) in [5, 5.41) is 15.7. The second-order valence-electron chi connectivity index (χ2n) is 21.6. The number of allylic oxidation sites excluding steroid dienone is 1. The normalized spacial score (nSPS) is 15.3. The van der Waals surface area contributed by atoms with Crippen molar-refractivity contribution in [2.75, 3.05) is 66.0 Å². The van der Waals surface area contributed by atoms with Gasteiger partial charge in [0.05, 0.1) is 66.8 Å². The van der Waals surface area contributed by atoms with Crippen LogP contribution in [-0.2, 0) is 53.5 Å². The number of nitrogens with one attached hydrogen (secondary N) is 2. The number of benzene rings is 4. The number of amides is 4. The minimum absolute atomic E-state index is 0.0193. The van der Waals surface area contributed by atoms with Crippen LogP contribution in [0.3, 0.4) is 0 Å². The number of aromatic hydroxyl groups is 1. The predicted octanol–water partition coefficient (Wildman–Crippen LogP) is 9.29. The Morgan fingerprint density at radius 1 is 0.841 bits per heavy atom. The summed E-state index contributed by atoms with van der Waals surface area (Å²) >= 11 is 1.53. The zero-order chi connectivity index (χ0) is 59.6. The van der Waals surface area contributed by atoms with E-state index in [1.54, 1.807) is 64.2 Å². The Morgan fingerprint density at radius 3 is 2.07 bits per heavy atom. The molecule has 4 amide bonds. The molecule has 0 radical (unpaired) electrons. The number of nitrogens with zero attached hydrogens (tertiary/aromatic N) is 3. The molecule has 0 spiro atoms. The molecule has 0 bridgehead atoms. The molecular formula is C61H77N5O13S3. The minimum atomic E-state index is -3.46. The maximum Gasteiger partial charge on any atom is 0.508 e. The average molecular weight is 1180 g/mol. The predicted molar refractivity (Wildman–Crippen MR) is 320 cm³/mol. The lowest BCUT2D eigenvalue weighted by molar-refractivity contribution is -0.144. The standard InChI is InChI=1S/C61H77N5O13S3/c1-10-50(43-14-12-11-13-15-43)54(44-20-24-47(67)25-21-44)45-22-26-48(27-23-45)77-33-30-65(8)53(69)29-32-76-35-34-75-31-28-52(68)64-56(60(3,4)5)58(71)66-38-49(79-59(72)78-39-61(6,7)81-82(9,73)74)36-51(66)57(70)62-37-42-16-18-46(19-17-42)55-41(2)63-40-80-55/h11-27,40,49,51,56,67H,10,28-39H2,1-9H3,(H,62,70)(H,64,68)/b54-50-/t49-,51+,56-/m1/s1. The number of hydrogen-bond acceptors (Lipinski definition) is 16. The Kier molecular flexibility index (Phi) is 23.5. The number of carbonyl (C=O) groups excluding carboxylic acids is 5. The molecule has 3 atom stereocenters. The van der Waals surface area contributed by atoms with Crippen LogP contribution in [0.15, 0.2) is 109 Å². The van der Waals surface area contributed by atoms with Crippen molar-refractivity contribution in [1.29, 1.82) is 0 Å². The van der Waals surface area contributed by atoms with E-state index < -0.39 is 61.1 Å². The maximum absolute atomic E-state index is 14.5. The number of phenols is 1. The largest absolute Gasteiger partial charge is 0.508 e. The lowest BCUT2D eigenvalue weighted by atomic mass is 9.85. The topological polar surface area (TPSA) is 229 Å². The van der Waals surface area contributed by atoms with Crippen LogP contribution in [0.2, 0.25) is 0 Å². The number of thiazole rings is 1. The number of aryl methyl sites for hydroxylation is 1. The quantitative estimate of drug-likeness (QED) is 0.0183. The number of likely N-dealkylation sites (tertiary alicyclic amines) is 1. The van der Waals surface area contributed by atoms with Gasteiger partial charge in [0, 0.05) is 32.7 Å². The Bertz CT molecular complexity index is 3070. The van der Waals surface area contributed by atoms with Crippen molar-refractivity contribution < 1.29 is 61.2 Å². The molecule has 1 aliphatic rings. The van der Waals surface area contributed by atoms with E-state index in [-0.39, 0.29) is 83.6 Å². The summed E-state index contributed by atoms with van der Waals surface area (Å²) < 4.78 is 51.1. The van der Waals surface area contributed by atoms with Crippen LogP contribution in [0.1, 0.15) is 95.2 Å². The van der Waals surface area contributed by atoms with Crippen molar-refractivity contribution in [3.8, 4) is 21.9 Å². The van der Waals surface area contributed by atoms with Gasteiger partial charge in [0.2, 0.25) is 23.6 Å². The lowest BCUT2D eigenvalue weighted by Crippen LogP contribution is -2.57. The molecule has 3 N–H and O–H groups in total. The Labute approximate surface area is 489 Å².